The monoisotopic (exact) mass is 262 g/mol. The summed E-state index contributed by atoms with van der Waals surface area (Å²) in [5.74, 6) is 4.40. The van der Waals surface area contributed by atoms with Crippen molar-refractivity contribution in [3.8, 4) is 12.3 Å². The standard InChI is InChI=1S/C16H26N2O/c1-5-8-18(9-6-2)13-15-7-10-19-16(15)12-17-11-14(3)4/h1,7,10,14,17H,6,8-9,11-13H2,2-4H3. The van der Waals surface area contributed by atoms with Crippen LogP contribution in [0.4, 0.5) is 0 Å². The Labute approximate surface area is 117 Å². The van der Waals surface area contributed by atoms with E-state index in [9.17, 15) is 0 Å². The lowest BCUT2D eigenvalue weighted by Gasteiger charge is -2.18. The number of nitrogens with zero attached hydrogens (tertiary/aromatic N) is 1. The van der Waals surface area contributed by atoms with Crippen LogP contribution in [0.1, 0.15) is 38.5 Å². The maximum atomic E-state index is 5.56. The first-order chi connectivity index (χ1) is 9.17. The van der Waals surface area contributed by atoms with Crippen molar-refractivity contribution >= 4 is 0 Å². The molecule has 0 aromatic carbocycles. The molecule has 0 saturated heterocycles. The van der Waals surface area contributed by atoms with Crippen LogP contribution >= 0.6 is 0 Å². The topological polar surface area (TPSA) is 28.4 Å². The second kappa shape index (κ2) is 8.79. The minimum absolute atomic E-state index is 0.649. The summed E-state index contributed by atoms with van der Waals surface area (Å²) in [6.07, 6.45) is 8.29. The molecule has 1 aromatic rings. The van der Waals surface area contributed by atoms with Crippen LogP contribution in [0.2, 0.25) is 0 Å². The smallest absolute Gasteiger partial charge is 0.122 e. The van der Waals surface area contributed by atoms with Gasteiger partial charge in [-0.1, -0.05) is 26.7 Å². The van der Waals surface area contributed by atoms with Gasteiger partial charge in [0.25, 0.3) is 0 Å². The molecule has 19 heavy (non-hydrogen) atoms. The quantitative estimate of drug-likeness (QED) is 0.694. The highest BCUT2D eigenvalue weighted by molar-refractivity contribution is 5.17. The van der Waals surface area contributed by atoms with Gasteiger partial charge in [-0.05, 0) is 31.5 Å². The number of hydrogen-bond acceptors (Lipinski definition) is 3. The lowest BCUT2D eigenvalue weighted by molar-refractivity contribution is 0.296. The fraction of sp³-hybridized carbons (Fsp3) is 0.625. The SMILES string of the molecule is C#CCN(CCC)Cc1ccoc1CNCC(C)C. The van der Waals surface area contributed by atoms with Crippen LogP contribution in [-0.2, 0) is 13.1 Å². The second-order valence-corrected chi connectivity index (χ2v) is 5.31. The van der Waals surface area contributed by atoms with E-state index in [1.807, 2.05) is 6.07 Å². The van der Waals surface area contributed by atoms with E-state index in [0.717, 1.165) is 38.4 Å². The Bertz CT molecular complexity index is 390. The van der Waals surface area contributed by atoms with Gasteiger partial charge in [0.2, 0.25) is 0 Å². The van der Waals surface area contributed by atoms with Crippen LogP contribution in [0.3, 0.4) is 0 Å². The van der Waals surface area contributed by atoms with Crippen molar-refractivity contribution < 1.29 is 4.42 Å². The molecule has 0 aliphatic carbocycles. The largest absolute Gasteiger partial charge is 0.468 e. The lowest BCUT2D eigenvalue weighted by Crippen LogP contribution is -2.25. The number of furan rings is 1. The van der Waals surface area contributed by atoms with Crippen LogP contribution < -0.4 is 5.32 Å². The fourth-order valence-corrected chi connectivity index (χ4v) is 2.04. The van der Waals surface area contributed by atoms with E-state index < -0.39 is 0 Å². The van der Waals surface area contributed by atoms with E-state index in [1.165, 1.54) is 5.56 Å². The summed E-state index contributed by atoms with van der Waals surface area (Å²) in [5, 5.41) is 3.41. The van der Waals surface area contributed by atoms with Gasteiger partial charge in [0.05, 0.1) is 19.4 Å². The first kappa shape index (κ1) is 15.8. The molecule has 0 aliphatic rings. The molecule has 3 nitrogen and oxygen atoms in total. The summed E-state index contributed by atoms with van der Waals surface area (Å²) in [6.45, 7) is 10.9. The maximum Gasteiger partial charge on any atom is 0.122 e. The highest BCUT2D eigenvalue weighted by Gasteiger charge is 2.10. The molecular weight excluding hydrogens is 236 g/mol. The van der Waals surface area contributed by atoms with E-state index in [0.29, 0.717) is 12.5 Å². The molecule has 1 N–H and O–H groups in total. The van der Waals surface area contributed by atoms with Crippen molar-refractivity contribution in [2.45, 2.75) is 40.3 Å². The third kappa shape index (κ3) is 5.96. The minimum atomic E-state index is 0.649. The number of terminal acetylenes is 1. The number of rotatable bonds is 9. The Hall–Kier alpha value is -1.24. The Balaban J connectivity index is 2.53. The van der Waals surface area contributed by atoms with Crippen molar-refractivity contribution in [2.75, 3.05) is 19.6 Å². The van der Waals surface area contributed by atoms with Gasteiger partial charge in [-0.25, -0.2) is 0 Å². The van der Waals surface area contributed by atoms with Gasteiger partial charge < -0.3 is 9.73 Å². The van der Waals surface area contributed by atoms with Gasteiger partial charge in [0.1, 0.15) is 5.76 Å². The van der Waals surface area contributed by atoms with Crippen LogP contribution in [0.5, 0.6) is 0 Å². The zero-order valence-electron chi connectivity index (χ0n) is 12.4. The average molecular weight is 262 g/mol. The Morgan fingerprint density at radius 1 is 1.47 bits per heavy atom. The van der Waals surface area contributed by atoms with Crippen molar-refractivity contribution in [3.05, 3.63) is 23.7 Å². The van der Waals surface area contributed by atoms with Crippen molar-refractivity contribution in [1.29, 1.82) is 0 Å². The molecule has 0 bridgehead atoms. The van der Waals surface area contributed by atoms with E-state index >= 15 is 0 Å². The van der Waals surface area contributed by atoms with Crippen LogP contribution in [0, 0.1) is 18.3 Å². The Morgan fingerprint density at radius 3 is 2.89 bits per heavy atom. The zero-order valence-corrected chi connectivity index (χ0v) is 12.4. The second-order valence-electron chi connectivity index (χ2n) is 5.31. The molecule has 0 radical (unpaired) electrons. The van der Waals surface area contributed by atoms with Gasteiger partial charge in [-0.2, -0.15) is 0 Å². The summed E-state index contributed by atoms with van der Waals surface area (Å²) >= 11 is 0. The molecule has 0 amide bonds. The van der Waals surface area contributed by atoms with E-state index in [-0.39, 0.29) is 0 Å². The van der Waals surface area contributed by atoms with E-state index in [2.05, 4.69) is 36.9 Å². The molecule has 106 valence electrons. The fourth-order valence-electron chi connectivity index (χ4n) is 2.04. The maximum absolute atomic E-state index is 5.56. The van der Waals surface area contributed by atoms with Crippen LogP contribution in [0.15, 0.2) is 16.7 Å². The third-order valence-electron chi connectivity index (χ3n) is 2.92. The van der Waals surface area contributed by atoms with Crippen molar-refractivity contribution in [2.24, 2.45) is 5.92 Å². The van der Waals surface area contributed by atoms with Gasteiger partial charge >= 0.3 is 0 Å². The molecule has 0 fully saturated rings. The summed E-state index contributed by atoms with van der Waals surface area (Å²) in [7, 11) is 0. The predicted molar refractivity (Wildman–Crippen MR) is 79.7 cm³/mol. The number of nitrogens with one attached hydrogen (secondary N) is 1. The first-order valence-electron chi connectivity index (χ1n) is 7.09. The molecule has 0 aliphatic heterocycles. The third-order valence-corrected chi connectivity index (χ3v) is 2.92. The van der Waals surface area contributed by atoms with Gasteiger partial charge in [0, 0.05) is 12.1 Å². The van der Waals surface area contributed by atoms with E-state index in [4.69, 9.17) is 10.8 Å². The minimum Gasteiger partial charge on any atom is -0.468 e. The molecule has 0 spiro atoms. The lowest BCUT2D eigenvalue weighted by atomic mass is 10.2. The molecule has 1 rings (SSSR count). The predicted octanol–water partition coefficient (Wildman–Crippen LogP) is 2.87. The van der Waals surface area contributed by atoms with Crippen molar-refractivity contribution in [3.63, 3.8) is 0 Å². The van der Waals surface area contributed by atoms with Crippen LogP contribution in [-0.4, -0.2) is 24.5 Å². The first-order valence-corrected chi connectivity index (χ1v) is 7.09. The summed E-state index contributed by atoms with van der Waals surface area (Å²) in [6, 6.07) is 2.05. The summed E-state index contributed by atoms with van der Waals surface area (Å²) in [5.41, 5.74) is 1.24. The highest BCUT2D eigenvalue weighted by atomic mass is 16.3. The normalized spacial score (nSPS) is 11.2. The molecular formula is C16H26N2O. The average Bonchev–Trinajstić information content (AvgIpc) is 2.77. The Kier molecular flexibility index (Phi) is 7.32. The van der Waals surface area contributed by atoms with Gasteiger partial charge in [-0.3, -0.25) is 4.90 Å². The van der Waals surface area contributed by atoms with E-state index in [1.54, 1.807) is 6.26 Å². The summed E-state index contributed by atoms with van der Waals surface area (Å²) in [4.78, 5) is 2.27. The van der Waals surface area contributed by atoms with Crippen molar-refractivity contribution in [1.82, 2.24) is 10.2 Å². The van der Waals surface area contributed by atoms with Gasteiger partial charge in [-0.15, -0.1) is 6.42 Å². The Morgan fingerprint density at radius 2 is 2.26 bits per heavy atom. The van der Waals surface area contributed by atoms with Gasteiger partial charge in [0.15, 0.2) is 0 Å². The molecule has 0 atom stereocenters. The molecule has 1 heterocycles. The molecule has 3 heteroatoms. The molecule has 1 aromatic heterocycles. The molecule has 0 unspecified atom stereocenters. The zero-order chi connectivity index (χ0) is 14.1. The van der Waals surface area contributed by atoms with Crippen LogP contribution in [0.25, 0.3) is 0 Å². The number of hydrogen-bond donors (Lipinski definition) is 1. The molecule has 0 saturated carbocycles. The summed E-state index contributed by atoms with van der Waals surface area (Å²) < 4.78 is 5.56. The highest BCUT2D eigenvalue weighted by Crippen LogP contribution is 2.13.